The average Bonchev–Trinajstić information content (AvgIpc) is 1.86. The van der Waals surface area contributed by atoms with Crippen molar-refractivity contribution < 1.29 is 36.8 Å². The van der Waals surface area contributed by atoms with Crippen LogP contribution in [0.4, 0.5) is 0 Å². The zero-order chi connectivity index (χ0) is 9.33. The molecule has 0 bridgehead atoms. The summed E-state index contributed by atoms with van der Waals surface area (Å²) in [6.07, 6.45) is 0. The van der Waals surface area contributed by atoms with Crippen molar-refractivity contribution in [3.63, 3.8) is 0 Å². The lowest BCUT2D eigenvalue weighted by Crippen LogP contribution is -3.00. The second-order valence-electron chi connectivity index (χ2n) is 3.18. The minimum atomic E-state index is -0.125. The molecule has 4 nitrogen and oxygen atoms in total. The predicted molar refractivity (Wildman–Crippen MR) is 44.2 cm³/mol. The first kappa shape index (κ1) is 18.2. The smallest absolute Gasteiger partial charge is 0.101 e. The largest absolute Gasteiger partial charge is 1.00 e. The molecule has 0 aliphatic carbocycles. The summed E-state index contributed by atoms with van der Waals surface area (Å²) < 4.78 is 0.844. The fourth-order valence-corrected chi connectivity index (χ4v) is 0.300. The highest BCUT2D eigenvalue weighted by molar-refractivity contribution is 4.19. The van der Waals surface area contributed by atoms with E-state index < -0.39 is 0 Å². The van der Waals surface area contributed by atoms with Crippen molar-refractivity contribution in [1.29, 1.82) is 0 Å². The molecule has 0 rings (SSSR count). The topological polar surface area (TPSA) is 60.7 Å². The normalized spacial score (nSPS) is 9.50. The molecule has 0 fully saturated rings. The molecule has 0 saturated heterocycles. The molecule has 12 heavy (non-hydrogen) atoms. The third-order valence-electron chi connectivity index (χ3n) is 0.871. The summed E-state index contributed by atoms with van der Waals surface area (Å²) >= 11 is 0. The van der Waals surface area contributed by atoms with Gasteiger partial charge in [-0.3, -0.25) is 0 Å². The summed E-state index contributed by atoms with van der Waals surface area (Å²) in [6, 6.07) is 0. The first-order valence-corrected chi connectivity index (χ1v) is 3.61. The lowest BCUT2D eigenvalue weighted by molar-refractivity contribution is -0.870. The Morgan fingerprint density at radius 3 is 1.17 bits per heavy atom. The van der Waals surface area contributed by atoms with Crippen LogP contribution in [0.25, 0.3) is 0 Å². The molecule has 0 aliphatic rings. The Morgan fingerprint density at radius 2 is 1.17 bits per heavy atom. The van der Waals surface area contributed by atoms with Gasteiger partial charge < -0.3 is 36.8 Å². The molecule has 5 heteroatoms. The fourth-order valence-electron chi connectivity index (χ4n) is 0.300. The summed E-state index contributed by atoms with van der Waals surface area (Å²) in [6.45, 7) is 0.865. The van der Waals surface area contributed by atoms with Gasteiger partial charge in [-0.1, -0.05) is 0 Å². The van der Waals surface area contributed by atoms with Crippen molar-refractivity contribution in [1.82, 2.24) is 0 Å². The van der Waals surface area contributed by atoms with E-state index in [1.807, 2.05) is 0 Å². The molecule has 0 aliphatic heterocycles. The van der Waals surface area contributed by atoms with Crippen molar-refractivity contribution in [2.75, 3.05) is 47.5 Å². The van der Waals surface area contributed by atoms with Crippen LogP contribution in [-0.4, -0.2) is 67.3 Å². The summed E-state index contributed by atoms with van der Waals surface area (Å²) in [7, 11) is 6.16. The van der Waals surface area contributed by atoms with Crippen LogP contribution in [0.3, 0.4) is 0 Å². The monoisotopic (exact) mass is 245 g/mol. The van der Waals surface area contributed by atoms with Crippen LogP contribution in [0.1, 0.15) is 0 Å². The highest BCUT2D eigenvalue weighted by Crippen LogP contribution is 1.84. The molecule has 0 aromatic heterocycles. The van der Waals surface area contributed by atoms with Crippen molar-refractivity contribution in [2.24, 2.45) is 0 Å². The van der Waals surface area contributed by atoms with E-state index in [-0.39, 0.29) is 36.8 Å². The molecular formula is C7H20BrNO3. The predicted octanol–water partition coefficient (Wildman–Crippen LogP) is -4.34. The number of nitrogens with zero attached hydrogens (tertiary/aromatic N) is 1. The summed E-state index contributed by atoms with van der Waals surface area (Å²) in [5.74, 6) is 0. The molecule has 0 atom stereocenters. The average molecular weight is 246 g/mol. The number of aliphatic hydroxyl groups is 3. The van der Waals surface area contributed by atoms with E-state index in [1.165, 1.54) is 0 Å². The van der Waals surface area contributed by atoms with Crippen LogP contribution < -0.4 is 17.0 Å². The van der Waals surface area contributed by atoms with Gasteiger partial charge in [0.2, 0.25) is 0 Å². The molecule has 0 saturated carbocycles. The van der Waals surface area contributed by atoms with E-state index in [0.29, 0.717) is 0 Å². The van der Waals surface area contributed by atoms with Gasteiger partial charge in [0.15, 0.2) is 0 Å². The van der Waals surface area contributed by atoms with E-state index >= 15 is 0 Å². The molecule has 0 radical (unpaired) electrons. The molecule has 0 aromatic carbocycles. The van der Waals surface area contributed by atoms with Gasteiger partial charge in [-0.15, -0.1) is 0 Å². The lowest BCUT2D eigenvalue weighted by atomic mass is 10.5. The Bertz CT molecular complexity index is 73.5. The van der Waals surface area contributed by atoms with Crippen LogP contribution in [0, 0.1) is 0 Å². The molecular weight excluding hydrogens is 226 g/mol. The maximum atomic E-state index is 8.39. The Kier molecular flexibility index (Phi) is 17.1. The number of rotatable bonds is 3. The number of halogens is 1. The zero-order valence-electron chi connectivity index (χ0n) is 8.00. The van der Waals surface area contributed by atoms with Gasteiger partial charge in [0.25, 0.3) is 0 Å². The summed E-state index contributed by atoms with van der Waals surface area (Å²) in [5, 5.41) is 23.6. The van der Waals surface area contributed by atoms with Crippen molar-refractivity contribution in [3.05, 3.63) is 0 Å². The third-order valence-corrected chi connectivity index (χ3v) is 0.871. The SMILES string of the molecule is C[N+](C)(C)CCO.OCCO.[Br-]. The Labute approximate surface area is 84.8 Å². The van der Waals surface area contributed by atoms with Crippen LogP contribution in [0.2, 0.25) is 0 Å². The van der Waals surface area contributed by atoms with Gasteiger partial charge in [0.05, 0.1) is 41.0 Å². The van der Waals surface area contributed by atoms with Crippen molar-refractivity contribution >= 4 is 0 Å². The molecule has 0 unspecified atom stereocenters. The van der Waals surface area contributed by atoms with Crippen molar-refractivity contribution in [2.45, 2.75) is 0 Å². The van der Waals surface area contributed by atoms with Crippen LogP contribution in [-0.2, 0) is 0 Å². The summed E-state index contributed by atoms with van der Waals surface area (Å²) in [4.78, 5) is 0. The highest BCUT2D eigenvalue weighted by atomic mass is 79.9. The first-order valence-electron chi connectivity index (χ1n) is 3.61. The van der Waals surface area contributed by atoms with Crippen LogP contribution in [0.15, 0.2) is 0 Å². The van der Waals surface area contributed by atoms with Gasteiger partial charge in [-0.05, 0) is 0 Å². The number of hydrogen-bond acceptors (Lipinski definition) is 3. The number of aliphatic hydroxyl groups excluding tert-OH is 3. The van der Waals surface area contributed by atoms with Gasteiger partial charge in [-0.25, -0.2) is 0 Å². The van der Waals surface area contributed by atoms with E-state index in [2.05, 4.69) is 21.1 Å². The van der Waals surface area contributed by atoms with E-state index in [9.17, 15) is 0 Å². The minimum Gasteiger partial charge on any atom is -1.00 e. The van der Waals surface area contributed by atoms with Gasteiger partial charge in [0.1, 0.15) is 6.54 Å². The number of hydrogen-bond donors (Lipinski definition) is 3. The van der Waals surface area contributed by atoms with Gasteiger partial charge >= 0.3 is 0 Å². The maximum absolute atomic E-state index is 8.39. The zero-order valence-corrected chi connectivity index (χ0v) is 9.58. The number of likely N-dealkylation sites (N-methyl/N-ethyl adjacent to an activating group) is 1. The molecule has 0 spiro atoms. The lowest BCUT2D eigenvalue weighted by Gasteiger charge is -2.21. The first-order chi connectivity index (χ1) is 4.97. The molecule has 78 valence electrons. The Hall–Kier alpha value is 0.320. The Morgan fingerprint density at radius 1 is 0.833 bits per heavy atom. The van der Waals surface area contributed by atoms with Crippen LogP contribution in [0.5, 0.6) is 0 Å². The number of quaternary nitrogens is 1. The van der Waals surface area contributed by atoms with E-state index in [1.54, 1.807) is 0 Å². The van der Waals surface area contributed by atoms with E-state index in [4.69, 9.17) is 15.3 Å². The standard InChI is InChI=1S/C5H14NO.C2H6O2.BrH/c1-6(2,3)4-5-7;3-1-2-4;/h7H,4-5H2,1-3H3;3-4H,1-2H2;1H/q+1;;/p-1. The minimum absolute atomic E-state index is 0. The fraction of sp³-hybridized carbons (Fsp3) is 1.00. The van der Waals surface area contributed by atoms with Gasteiger partial charge in [-0.2, -0.15) is 0 Å². The van der Waals surface area contributed by atoms with Crippen LogP contribution >= 0.6 is 0 Å². The maximum Gasteiger partial charge on any atom is 0.101 e. The second-order valence-corrected chi connectivity index (χ2v) is 3.18. The van der Waals surface area contributed by atoms with Gasteiger partial charge in [0, 0.05) is 0 Å². The third kappa shape index (κ3) is 31.7. The molecule has 3 N–H and O–H groups in total. The van der Waals surface area contributed by atoms with E-state index in [0.717, 1.165) is 11.0 Å². The molecule has 0 heterocycles. The Balaban J connectivity index is -0.000000142. The summed E-state index contributed by atoms with van der Waals surface area (Å²) in [5.41, 5.74) is 0. The van der Waals surface area contributed by atoms with Crippen molar-refractivity contribution in [3.8, 4) is 0 Å². The highest BCUT2D eigenvalue weighted by Gasteiger charge is 2.02. The molecule has 0 aromatic rings. The molecule has 0 amide bonds. The second kappa shape index (κ2) is 11.3. The quantitative estimate of drug-likeness (QED) is 0.441.